The highest BCUT2D eigenvalue weighted by Gasteiger charge is 2.59. The third kappa shape index (κ3) is 14.1. The first-order chi connectivity index (χ1) is 39.8. The van der Waals surface area contributed by atoms with Crippen LogP contribution in [0.15, 0.2) is 48.1 Å². The highest BCUT2D eigenvalue weighted by atomic mass is 16.7. The number of carbonyl (C=O) groups excluding carboxylic acids is 7. The van der Waals surface area contributed by atoms with Gasteiger partial charge in [0.1, 0.15) is 115 Å². The molecule has 0 aliphatic carbocycles. The maximum Gasteiger partial charge on any atom is 0.407 e. The van der Waals surface area contributed by atoms with E-state index in [1.807, 2.05) is 0 Å². The van der Waals surface area contributed by atoms with Gasteiger partial charge in [0.15, 0.2) is 36.6 Å². The van der Waals surface area contributed by atoms with Gasteiger partial charge >= 0.3 is 18.0 Å². The van der Waals surface area contributed by atoms with Gasteiger partial charge in [0.2, 0.25) is 23.6 Å². The van der Waals surface area contributed by atoms with Crippen molar-refractivity contribution in [2.24, 2.45) is 5.73 Å². The van der Waals surface area contributed by atoms with Crippen molar-refractivity contribution in [3.63, 3.8) is 0 Å². The van der Waals surface area contributed by atoms with Crippen LogP contribution in [0.5, 0.6) is 0 Å². The Balaban J connectivity index is 0.000000247. The first kappa shape index (κ1) is 66.2. The summed E-state index contributed by atoms with van der Waals surface area (Å²) in [4.78, 5) is 118. The molecule has 8 rings (SSSR count). The predicted octanol–water partition coefficient (Wildman–Crippen LogP) is -7.87. The summed E-state index contributed by atoms with van der Waals surface area (Å²) in [7, 11) is 5.39. The van der Waals surface area contributed by atoms with Crippen molar-refractivity contribution in [2.45, 2.75) is 162 Å². The zero-order valence-corrected chi connectivity index (χ0v) is 47.0. The lowest BCUT2D eigenvalue weighted by molar-refractivity contribution is -0.234. The maximum atomic E-state index is 13.8. The molecule has 0 saturated carbocycles. The Kier molecular flexibility index (Phi) is 20.9. The number of aliphatic carboxylic acids is 2. The quantitative estimate of drug-likeness (QED) is 0.0678. The third-order valence-electron chi connectivity index (χ3n) is 15.2. The SMILES string of the molecule is CN1C(=O)[C@H]([C@H](O[C@@H]2O[C@H](CN)[C@@H](O)[C@H]2O)[C@H]2O[C@@H](N3C=CC(=O)CC3=O)[C@H](O)[C@@H]2O)N(C)CC=C1C(=O)O.CN1C(=O)[C@H]([C@H](O[C@@H]2O[C@H](CNC(=O)OC(C)(C)C)[C@@H](O)[C@H]2O)[C@H]2O[C@@H](N3C=CC(=O)CC3=O)[C@H](O)[C@@H]2O)N(C)CC=C1C(=O)O. The van der Waals surface area contributed by atoms with Crippen molar-refractivity contribution >= 4 is 53.2 Å². The largest absolute Gasteiger partial charge is 0.477 e. The molecule has 472 valence electrons. The molecule has 8 aliphatic rings. The molecule has 0 unspecified atom stereocenters. The number of likely N-dealkylation sites (N-methyl/N-ethyl adjacent to an activating group) is 4. The molecule has 20 atom stereocenters. The monoisotopic (exact) mass is 1210 g/mol. The number of alkyl carbamates (subject to hydrolysis) is 1. The fourth-order valence-corrected chi connectivity index (χ4v) is 10.6. The van der Waals surface area contributed by atoms with Crippen LogP contribution >= 0.6 is 0 Å². The fourth-order valence-electron chi connectivity index (χ4n) is 10.6. The second-order valence-electron chi connectivity index (χ2n) is 22.2. The number of nitrogens with zero attached hydrogens (tertiary/aromatic N) is 6. The highest BCUT2D eigenvalue weighted by Crippen LogP contribution is 2.37. The molecule has 0 bridgehead atoms. The van der Waals surface area contributed by atoms with Crippen LogP contribution in [0, 0.1) is 0 Å². The average molecular weight is 1210 g/mol. The van der Waals surface area contributed by atoms with E-state index in [2.05, 4.69) is 5.32 Å². The normalized spacial score (nSPS) is 36.7. The molecule has 13 N–H and O–H groups in total. The fraction of sp³-hybridized carbons (Fsp3) is 0.667. The molecular weight excluding hydrogens is 1140 g/mol. The van der Waals surface area contributed by atoms with Crippen LogP contribution in [0.4, 0.5) is 4.79 Å². The van der Waals surface area contributed by atoms with E-state index < -0.39 is 194 Å². The molecule has 0 spiro atoms. The Morgan fingerprint density at radius 3 is 1.34 bits per heavy atom. The number of ketones is 2. The van der Waals surface area contributed by atoms with E-state index >= 15 is 0 Å². The molecule has 5 amide bonds. The molecule has 8 heterocycles. The average Bonchev–Trinajstić information content (AvgIpc) is 2.37. The molecule has 0 radical (unpaired) electrons. The number of carbonyl (C=O) groups is 9. The number of hydrogen-bond donors (Lipinski definition) is 12. The van der Waals surface area contributed by atoms with Crippen LogP contribution in [0.1, 0.15) is 33.6 Å². The van der Waals surface area contributed by atoms with E-state index in [4.69, 9.17) is 38.9 Å². The predicted molar refractivity (Wildman–Crippen MR) is 277 cm³/mol. The molecule has 34 nitrogen and oxygen atoms in total. The van der Waals surface area contributed by atoms with E-state index in [1.165, 1.54) is 50.1 Å². The second-order valence-corrected chi connectivity index (χ2v) is 22.2. The van der Waals surface area contributed by atoms with Gasteiger partial charge in [-0.3, -0.25) is 48.4 Å². The summed E-state index contributed by atoms with van der Waals surface area (Å²) < 4.78 is 40.3. The van der Waals surface area contributed by atoms with Gasteiger partial charge in [-0.2, -0.15) is 0 Å². The molecule has 4 fully saturated rings. The minimum Gasteiger partial charge on any atom is -0.477 e. The lowest BCUT2D eigenvalue weighted by atomic mass is 9.97. The Bertz CT molecular complexity index is 2710. The summed E-state index contributed by atoms with van der Waals surface area (Å²) in [6, 6.07) is -2.81. The standard InChI is InChI=1S/C28H40N4O14.C23H32N4O12/c1-28(2,3)46-27(42)29-11-14-17(35)20(38)26(43-14)45-21(16-23(39)31(5)13(25(40)41)7-8-30(16)4)22-18(36)19(37)24(44-22)32-9-6-12(33)10-15(32)34;1-25-5-4-10(22(35)36)26(2)20(34)13(25)18(39-23-17(33)14(30)11(8-24)37-23)19-15(31)16(32)21(38-19)27-6-3-9(28)7-12(27)29/h6-7,9,14,16-22,24,26,35-38H,8,10-11H2,1-5H3,(H,29,42)(H,40,41);3-4,6,11,13-19,21,23,30-33H,5,7-8,24H2,1-2H3,(H,35,36)/t14-,16+,17-,18+,19-,20-,21+,22+,24-,26+;11-,13+,14-,15+,16-,17-,18+,19+,21-,23+/m11/s1. The Morgan fingerprint density at radius 1 is 0.600 bits per heavy atom. The molecule has 4 saturated heterocycles. The highest BCUT2D eigenvalue weighted by molar-refractivity contribution is 6.07. The number of ether oxygens (including phenoxy) is 7. The number of carboxylic acid groups (broad SMARTS) is 2. The van der Waals surface area contributed by atoms with Gasteiger partial charge in [0.05, 0.1) is 12.8 Å². The van der Waals surface area contributed by atoms with Crippen molar-refractivity contribution in [1.29, 1.82) is 0 Å². The van der Waals surface area contributed by atoms with Gasteiger partial charge in [-0.05, 0) is 59.2 Å². The molecule has 0 aromatic carbocycles. The van der Waals surface area contributed by atoms with Gasteiger partial charge in [-0.15, -0.1) is 0 Å². The lowest BCUT2D eigenvalue weighted by Crippen LogP contribution is -2.59. The smallest absolute Gasteiger partial charge is 0.407 e. The van der Waals surface area contributed by atoms with Crippen LogP contribution < -0.4 is 11.1 Å². The summed E-state index contributed by atoms with van der Waals surface area (Å²) in [6.07, 6.45) is -23.1. The van der Waals surface area contributed by atoms with E-state index in [0.717, 1.165) is 44.2 Å². The Hall–Kier alpha value is -6.29. The number of carboxylic acids is 2. The number of amides is 5. The van der Waals surface area contributed by atoms with Crippen LogP contribution in [-0.4, -0.2) is 316 Å². The number of nitrogens with one attached hydrogen (secondary N) is 1. The topological polar surface area (TPSA) is 478 Å². The second kappa shape index (κ2) is 26.8. The molecule has 34 heteroatoms. The van der Waals surface area contributed by atoms with Crippen molar-refractivity contribution < 1.29 is 127 Å². The van der Waals surface area contributed by atoms with E-state index in [9.17, 15) is 94.2 Å². The zero-order chi connectivity index (χ0) is 63.0. The number of nitrogens with two attached hydrogens (primary N) is 1. The Labute approximate surface area is 484 Å². The van der Waals surface area contributed by atoms with Gasteiger partial charge in [-0.25, -0.2) is 14.4 Å². The first-order valence-electron chi connectivity index (χ1n) is 26.7. The van der Waals surface area contributed by atoms with Crippen molar-refractivity contribution in [1.82, 2.24) is 34.7 Å². The minimum atomic E-state index is -1.82. The maximum absolute atomic E-state index is 13.8. The van der Waals surface area contributed by atoms with Gasteiger partial charge in [0, 0.05) is 52.7 Å². The molecule has 85 heavy (non-hydrogen) atoms. The number of rotatable bonds is 15. The van der Waals surface area contributed by atoms with Crippen LogP contribution in [0.3, 0.4) is 0 Å². The van der Waals surface area contributed by atoms with E-state index in [0.29, 0.717) is 0 Å². The first-order valence-corrected chi connectivity index (χ1v) is 26.7. The summed E-state index contributed by atoms with van der Waals surface area (Å²) in [5.41, 5.74) is 4.11. The summed E-state index contributed by atoms with van der Waals surface area (Å²) in [5.74, 6) is -6.73. The van der Waals surface area contributed by atoms with Gasteiger partial charge in [0.25, 0.3) is 0 Å². The third-order valence-corrected chi connectivity index (χ3v) is 15.2. The molecule has 8 aliphatic heterocycles. The number of aliphatic hydroxyl groups excluding tert-OH is 8. The number of hydrogen-bond acceptors (Lipinski definition) is 27. The Morgan fingerprint density at radius 2 is 0.988 bits per heavy atom. The number of aliphatic hydroxyl groups is 8. The molecule has 0 aromatic heterocycles. The van der Waals surface area contributed by atoms with E-state index in [-0.39, 0.29) is 37.6 Å². The van der Waals surface area contributed by atoms with Gasteiger partial charge < -0.3 is 105 Å². The molecule has 0 aromatic rings. The van der Waals surface area contributed by atoms with Gasteiger partial charge in [-0.1, -0.05) is 0 Å². The van der Waals surface area contributed by atoms with Crippen molar-refractivity contribution in [2.75, 3.05) is 54.4 Å². The minimum absolute atomic E-state index is 0.0609. The van der Waals surface area contributed by atoms with Crippen molar-refractivity contribution in [3.05, 3.63) is 48.1 Å². The van der Waals surface area contributed by atoms with Crippen LogP contribution in [0.25, 0.3) is 0 Å². The lowest BCUT2D eigenvalue weighted by Gasteiger charge is -2.38. The van der Waals surface area contributed by atoms with Crippen LogP contribution in [0.2, 0.25) is 0 Å². The van der Waals surface area contributed by atoms with E-state index in [1.54, 1.807) is 20.8 Å². The number of allylic oxidation sites excluding steroid dienone is 2. The summed E-state index contributed by atoms with van der Waals surface area (Å²) in [6.45, 7) is 4.29. The molecular formula is C51H72N8O26. The van der Waals surface area contributed by atoms with Crippen LogP contribution in [-0.2, 0) is 71.5 Å². The zero-order valence-electron chi connectivity index (χ0n) is 47.0. The summed E-state index contributed by atoms with van der Waals surface area (Å²) in [5, 5.41) is 108. The summed E-state index contributed by atoms with van der Waals surface area (Å²) >= 11 is 0. The van der Waals surface area contributed by atoms with Crippen molar-refractivity contribution in [3.8, 4) is 0 Å².